The number of hydrogen-bond acceptors (Lipinski definition) is 3. The van der Waals surface area contributed by atoms with Crippen LogP contribution in [0.25, 0.3) is 0 Å². The maximum Gasteiger partial charge on any atom is 0.175 e. The topological polar surface area (TPSA) is 60.2 Å². The van der Waals surface area contributed by atoms with E-state index in [2.05, 4.69) is 6.58 Å². The van der Waals surface area contributed by atoms with Crippen molar-refractivity contribution in [3.63, 3.8) is 0 Å². The Bertz CT molecular complexity index is 449. The van der Waals surface area contributed by atoms with Gasteiger partial charge in [-0.1, -0.05) is 6.08 Å². The molecule has 14 heavy (non-hydrogen) atoms. The van der Waals surface area contributed by atoms with Crippen LogP contribution in [-0.2, 0) is 16.3 Å². The number of hydrogen-bond donors (Lipinski definition) is 1. The zero-order valence-corrected chi connectivity index (χ0v) is 8.84. The predicted molar refractivity (Wildman–Crippen MR) is 57.9 cm³/mol. The third-order valence-corrected chi connectivity index (χ3v) is 3.02. The molecule has 0 atom stereocenters. The fraction of sp³-hybridized carbons (Fsp3) is 0.200. The Morgan fingerprint density at radius 1 is 1.50 bits per heavy atom. The number of rotatable bonds is 3. The average molecular weight is 211 g/mol. The highest BCUT2D eigenvalue weighted by Gasteiger charge is 2.08. The van der Waals surface area contributed by atoms with Crippen molar-refractivity contribution in [2.75, 3.05) is 12.0 Å². The number of nitrogen functional groups attached to an aromatic ring is 1. The first-order chi connectivity index (χ1) is 6.45. The lowest BCUT2D eigenvalue weighted by Crippen LogP contribution is -2.00. The second-order valence-electron chi connectivity index (χ2n) is 3.13. The van der Waals surface area contributed by atoms with Crippen LogP contribution in [0, 0.1) is 0 Å². The van der Waals surface area contributed by atoms with Gasteiger partial charge in [-0.05, 0) is 30.2 Å². The Kier molecular flexibility index (Phi) is 2.96. The molecule has 0 heterocycles. The van der Waals surface area contributed by atoms with Crippen molar-refractivity contribution in [2.45, 2.75) is 11.3 Å². The molecule has 1 rings (SSSR count). The van der Waals surface area contributed by atoms with E-state index in [1.54, 1.807) is 18.2 Å². The fourth-order valence-corrected chi connectivity index (χ4v) is 1.82. The van der Waals surface area contributed by atoms with Crippen LogP contribution in [0.3, 0.4) is 0 Å². The molecule has 1 aromatic rings. The van der Waals surface area contributed by atoms with Gasteiger partial charge in [-0.3, -0.25) is 0 Å². The van der Waals surface area contributed by atoms with Gasteiger partial charge in [0.05, 0.1) is 4.90 Å². The van der Waals surface area contributed by atoms with Crippen molar-refractivity contribution in [1.82, 2.24) is 0 Å². The third kappa shape index (κ3) is 2.35. The fourth-order valence-electron chi connectivity index (χ4n) is 1.15. The van der Waals surface area contributed by atoms with Crippen LogP contribution in [0.15, 0.2) is 35.7 Å². The van der Waals surface area contributed by atoms with Gasteiger partial charge in [-0.2, -0.15) is 0 Å². The second kappa shape index (κ2) is 3.84. The smallest absolute Gasteiger partial charge is 0.175 e. The Hall–Kier alpha value is -1.29. The number of allylic oxidation sites excluding steroid dienone is 1. The molecule has 0 aliphatic rings. The summed E-state index contributed by atoms with van der Waals surface area (Å²) in [5, 5.41) is 0. The predicted octanol–water partition coefficient (Wildman–Crippen LogP) is 1.40. The molecule has 0 spiro atoms. The first-order valence-corrected chi connectivity index (χ1v) is 6.03. The Morgan fingerprint density at radius 2 is 2.14 bits per heavy atom. The van der Waals surface area contributed by atoms with Crippen molar-refractivity contribution < 1.29 is 8.42 Å². The molecule has 0 aromatic heterocycles. The third-order valence-electron chi connectivity index (χ3n) is 1.91. The van der Waals surface area contributed by atoms with Crippen LogP contribution >= 0.6 is 0 Å². The summed E-state index contributed by atoms with van der Waals surface area (Å²) in [7, 11) is -3.15. The van der Waals surface area contributed by atoms with Crippen LogP contribution in [0.1, 0.15) is 5.56 Å². The van der Waals surface area contributed by atoms with Crippen molar-refractivity contribution >= 4 is 15.5 Å². The van der Waals surface area contributed by atoms with Gasteiger partial charge in [0.2, 0.25) is 0 Å². The van der Waals surface area contributed by atoms with Crippen LogP contribution in [0.5, 0.6) is 0 Å². The summed E-state index contributed by atoms with van der Waals surface area (Å²) in [6, 6.07) is 4.71. The van der Waals surface area contributed by atoms with E-state index in [1.807, 2.05) is 0 Å². The average Bonchev–Trinajstić information content (AvgIpc) is 2.07. The molecule has 0 unspecified atom stereocenters. The summed E-state index contributed by atoms with van der Waals surface area (Å²) >= 11 is 0. The van der Waals surface area contributed by atoms with Crippen molar-refractivity contribution in [2.24, 2.45) is 0 Å². The molecule has 3 nitrogen and oxygen atoms in total. The summed E-state index contributed by atoms with van der Waals surface area (Å²) in [5.74, 6) is 0. The number of sulfone groups is 1. The van der Waals surface area contributed by atoms with E-state index in [0.29, 0.717) is 17.0 Å². The molecule has 0 radical (unpaired) electrons. The molecule has 0 aliphatic carbocycles. The van der Waals surface area contributed by atoms with Crippen LogP contribution < -0.4 is 5.73 Å². The lowest BCUT2D eigenvalue weighted by atomic mass is 10.1. The minimum Gasteiger partial charge on any atom is -0.398 e. The van der Waals surface area contributed by atoms with Gasteiger partial charge in [-0.25, -0.2) is 8.42 Å². The van der Waals surface area contributed by atoms with Gasteiger partial charge in [0.15, 0.2) is 9.84 Å². The van der Waals surface area contributed by atoms with Gasteiger partial charge in [0, 0.05) is 11.9 Å². The molecule has 0 saturated heterocycles. The minimum absolute atomic E-state index is 0.295. The first-order valence-electron chi connectivity index (χ1n) is 4.14. The minimum atomic E-state index is -3.15. The Morgan fingerprint density at radius 3 is 2.64 bits per heavy atom. The highest BCUT2D eigenvalue weighted by Crippen LogP contribution is 2.18. The Labute approximate surface area is 84.2 Å². The van der Waals surface area contributed by atoms with E-state index in [9.17, 15) is 8.42 Å². The van der Waals surface area contributed by atoms with Crippen LogP contribution in [-0.4, -0.2) is 14.7 Å². The normalized spacial score (nSPS) is 11.2. The van der Waals surface area contributed by atoms with Crippen molar-refractivity contribution in [3.8, 4) is 0 Å². The van der Waals surface area contributed by atoms with Crippen molar-refractivity contribution in [1.29, 1.82) is 0 Å². The number of benzene rings is 1. The van der Waals surface area contributed by atoms with E-state index in [-0.39, 0.29) is 0 Å². The molecule has 0 aliphatic heterocycles. The highest BCUT2D eigenvalue weighted by atomic mass is 32.2. The Balaban J connectivity index is 3.26. The molecular formula is C10H13NO2S. The van der Waals surface area contributed by atoms with Crippen LogP contribution in [0.2, 0.25) is 0 Å². The maximum atomic E-state index is 11.2. The summed E-state index contributed by atoms with van der Waals surface area (Å²) in [6.45, 7) is 3.58. The molecule has 0 amide bonds. The summed E-state index contributed by atoms with van der Waals surface area (Å²) in [4.78, 5) is 0.295. The summed E-state index contributed by atoms with van der Waals surface area (Å²) in [6.07, 6.45) is 3.45. The lowest BCUT2D eigenvalue weighted by Gasteiger charge is -2.05. The van der Waals surface area contributed by atoms with E-state index in [0.717, 1.165) is 5.56 Å². The van der Waals surface area contributed by atoms with Crippen molar-refractivity contribution in [3.05, 3.63) is 36.4 Å². The molecule has 0 fully saturated rings. The molecule has 1 aromatic carbocycles. The molecule has 76 valence electrons. The van der Waals surface area contributed by atoms with Gasteiger partial charge >= 0.3 is 0 Å². The summed E-state index contributed by atoms with van der Waals surface area (Å²) < 4.78 is 22.5. The van der Waals surface area contributed by atoms with E-state index < -0.39 is 9.84 Å². The maximum absolute atomic E-state index is 11.2. The van der Waals surface area contributed by atoms with E-state index in [4.69, 9.17) is 5.73 Å². The largest absolute Gasteiger partial charge is 0.398 e. The number of anilines is 1. The first kappa shape index (κ1) is 10.8. The number of nitrogens with two attached hydrogens (primary N) is 1. The van der Waals surface area contributed by atoms with Gasteiger partial charge in [0.25, 0.3) is 0 Å². The van der Waals surface area contributed by atoms with Crippen LogP contribution in [0.4, 0.5) is 5.69 Å². The zero-order chi connectivity index (χ0) is 10.8. The monoisotopic (exact) mass is 211 g/mol. The molecule has 2 N–H and O–H groups in total. The highest BCUT2D eigenvalue weighted by molar-refractivity contribution is 7.90. The molecule has 4 heteroatoms. The zero-order valence-electron chi connectivity index (χ0n) is 8.03. The van der Waals surface area contributed by atoms with E-state index >= 15 is 0 Å². The molecule has 0 bridgehead atoms. The SMILES string of the molecule is C=CCc1cc(S(C)(=O)=O)ccc1N. The second-order valence-corrected chi connectivity index (χ2v) is 5.14. The lowest BCUT2D eigenvalue weighted by molar-refractivity contribution is 0.602. The quantitative estimate of drug-likeness (QED) is 0.607. The van der Waals surface area contributed by atoms with E-state index in [1.165, 1.54) is 12.3 Å². The van der Waals surface area contributed by atoms with Gasteiger partial charge in [0.1, 0.15) is 0 Å². The standard InChI is InChI=1S/C10H13NO2S/c1-3-4-8-7-9(14(2,12)13)5-6-10(8)11/h3,5-7H,1,4,11H2,2H3. The van der Waals surface area contributed by atoms with Gasteiger partial charge < -0.3 is 5.73 Å². The molecule has 0 saturated carbocycles. The molecular weight excluding hydrogens is 198 g/mol. The summed E-state index contributed by atoms with van der Waals surface area (Å²) in [5.41, 5.74) is 7.07. The van der Waals surface area contributed by atoms with Gasteiger partial charge in [-0.15, -0.1) is 6.58 Å².